The molecule has 0 spiro atoms. The Morgan fingerprint density at radius 1 is 1.17 bits per heavy atom. The number of halogens is 1. The van der Waals surface area contributed by atoms with Crippen LogP contribution < -0.4 is 10.6 Å². The van der Waals surface area contributed by atoms with Crippen LogP contribution in [0.2, 0.25) is 5.02 Å². The van der Waals surface area contributed by atoms with E-state index in [-0.39, 0.29) is 0 Å². The third kappa shape index (κ3) is 2.61. The fourth-order valence-corrected chi connectivity index (χ4v) is 2.85. The predicted octanol–water partition coefficient (Wildman–Crippen LogP) is 2.93. The van der Waals surface area contributed by atoms with Gasteiger partial charge in [-0.15, -0.1) is 0 Å². The van der Waals surface area contributed by atoms with Gasteiger partial charge in [0.1, 0.15) is 17.3 Å². The van der Waals surface area contributed by atoms with Crippen molar-refractivity contribution < 1.29 is 4.52 Å². The monoisotopic (exact) mass is 327 g/mol. The van der Waals surface area contributed by atoms with Crippen LogP contribution in [0.4, 0.5) is 11.8 Å². The molecule has 23 heavy (non-hydrogen) atoms. The van der Waals surface area contributed by atoms with E-state index >= 15 is 0 Å². The Morgan fingerprint density at radius 3 is 2.78 bits per heavy atom. The number of fused-ring (bicyclic) bond motifs is 1. The van der Waals surface area contributed by atoms with Crippen molar-refractivity contribution in [3.8, 4) is 11.3 Å². The van der Waals surface area contributed by atoms with Crippen molar-refractivity contribution in [2.45, 2.75) is 13.0 Å². The highest BCUT2D eigenvalue weighted by atomic mass is 35.5. The number of benzene rings is 1. The highest BCUT2D eigenvalue weighted by Crippen LogP contribution is 2.31. The molecule has 0 fully saturated rings. The molecule has 2 aromatic heterocycles. The Balaban J connectivity index is 1.69. The van der Waals surface area contributed by atoms with Gasteiger partial charge in [-0.2, -0.15) is 4.98 Å². The first-order valence-corrected chi connectivity index (χ1v) is 7.65. The third-order valence-corrected chi connectivity index (χ3v) is 4.14. The molecule has 116 valence electrons. The van der Waals surface area contributed by atoms with Crippen LogP contribution in [-0.2, 0) is 13.0 Å². The molecule has 0 saturated heterocycles. The number of nitrogens with zero attached hydrogens (tertiary/aromatic N) is 4. The van der Waals surface area contributed by atoms with Crippen LogP contribution in [0.15, 0.2) is 41.1 Å². The van der Waals surface area contributed by atoms with Crippen molar-refractivity contribution in [1.29, 1.82) is 0 Å². The van der Waals surface area contributed by atoms with Gasteiger partial charge in [0.25, 0.3) is 0 Å². The summed E-state index contributed by atoms with van der Waals surface area (Å²) in [5, 5.41) is 4.93. The minimum atomic E-state index is 0.462. The highest BCUT2D eigenvalue weighted by Gasteiger charge is 2.26. The van der Waals surface area contributed by atoms with Gasteiger partial charge in [-0.3, -0.25) is 0 Å². The summed E-state index contributed by atoms with van der Waals surface area (Å²) in [6, 6.07) is 9.25. The van der Waals surface area contributed by atoms with Crippen LogP contribution in [-0.4, -0.2) is 21.7 Å². The van der Waals surface area contributed by atoms with E-state index in [2.05, 4.69) is 20.0 Å². The van der Waals surface area contributed by atoms with Gasteiger partial charge in [-0.1, -0.05) is 28.9 Å². The van der Waals surface area contributed by atoms with Gasteiger partial charge in [-0.25, -0.2) is 4.98 Å². The topological polar surface area (TPSA) is 81.1 Å². The molecule has 0 atom stereocenters. The highest BCUT2D eigenvalue weighted by molar-refractivity contribution is 6.30. The minimum absolute atomic E-state index is 0.462. The van der Waals surface area contributed by atoms with Gasteiger partial charge in [0.15, 0.2) is 0 Å². The largest absolute Gasteiger partial charge is 0.384 e. The summed E-state index contributed by atoms with van der Waals surface area (Å²) in [5.74, 6) is 2.00. The molecule has 2 N–H and O–H groups in total. The normalized spacial score (nSPS) is 13.9. The van der Waals surface area contributed by atoms with E-state index in [0.29, 0.717) is 23.3 Å². The van der Waals surface area contributed by atoms with Gasteiger partial charge in [0.2, 0.25) is 5.95 Å². The van der Waals surface area contributed by atoms with Gasteiger partial charge in [0.05, 0.1) is 6.54 Å². The van der Waals surface area contributed by atoms with Crippen LogP contribution in [0.5, 0.6) is 0 Å². The van der Waals surface area contributed by atoms with E-state index < -0.39 is 0 Å². The van der Waals surface area contributed by atoms with E-state index in [1.165, 1.54) is 0 Å². The molecule has 6 nitrogen and oxygen atoms in total. The van der Waals surface area contributed by atoms with Crippen molar-refractivity contribution in [1.82, 2.24) is 15.1 Å². The second kappa shape index (κ2) is 5.55. The zero-order valence-electron chi connectivity index (χ0n) is 12.2. The summed E-state index contributed by atoms with van der Waals surface area (Å²) in [6.07, 6.45) is 2.43. The van der Waals surface area contributed by atoms with Crippen LogP contribution >= 0.6 is 11.6 Å². The lowest BCUT2D eigenvalue weighted by molar-refractivity contribution is 0.378. The van der Waals surface area contributed by atoms with E-state index in [0.717, 1.165) is 35.5 Å². The van der Waals surface area contributed by atoms with Gasteiger partial charge in [-0.05, 0) is 18.2 Å². The average Bonchev–Trinajstić information content (AvgIpc) is 2.99. The Hall–Kier alpha value is -2.60. The first kappa shape index (κ1) is 14.0. The summed E-state index contributed by atoms with van der Waals surface area (Å²) in [4.78, 5) is 10.7. The predicted molar refractivity (Wildman–Crippen MR) is 88.1 cm³/mol. The lowest BCUT2D eigenvalue weighted by atomic mass is 10.0. The summed E-state index contributed by atoms with van der Waals surface area (Å²) in [5.41, 5.74) is 8.63. The van der Waals surface area contributed by atoms with E-state index in [9.17, 15) is 0 Å². The standard InChI is InChI=1S/C16H14ClN5O/c17-11-3-1-10(2-4-11)15-12-9-22(8-6-13(12)23-21-15)16-19-7-5-14(18)20-16/h1-5,7H,6,8-9H2,(H2,18,19,20). The molecule has 0 radical (unpaired) electrons. The molecule has 0 unspecified atom stereocenters. The smallest absolute Gasteiger partial charge is 0.227 e. The summed E-state index contributed by atoms with van der Waals surface area (Å²) < 4.78 is 5.50. The molecule has 1 aromatic carbocycles. The van der Waals surface area contributed by atoms with Crippen molar-refractivity contribution in [2.24, 2.45) is 0 Å². The lowest BCUT2D eigenvalue weighted by Gasteiger charge is -2.26. The minimum Gasteiger partial charge on any atom is -0.384 e. The fraction of sp³-hybridized carbons (Fsp3) is 0.188. The van der Waals surface area contributed by atoms with Crippen LogP contribution in [0.25, 0.3) is 11.3 Å². The quantitative estimate of drug-likeness (QED) is 0.779. The van der Waals surface area contributed by atoms with Crippen LogP contribution in [0.3, 0.4) is 0 Å². The number of nitrogens with two attached hydrogens (primary N) is 1. The maximum absolute atomic E-state index is 5.95. The third-order valence-electron chi connectivity index (χ3n) is 3.89. The Bertz CT molecular complexity index is 846. The van der Waals surface area contributed by atoms with Crippen molar-refractivity contribution in [3.05, 3.63) is 52.9 Å². The molecule has 0 amide bonds. The van der Waals surface area contributed by atoms with Crippen LogP contribution in [0, 0.1) is 0 Å². The molecule has 0 saturated carbocycles. The van der Waals surface area contributed by atoms with Gasteiger partial charge in [0, 0.05) is 35.3 Å². The maximum Gasteiger partial charge on any atom is 0.227 e. The lowest BCUT2D eigenvalue weighted by Crippen LogP contribution is -2.31. The second-order valence-electron chi connectivity index (χ2n) is 5.39. The number of rotatable bonds is 2. The Kier molecular flexibility index (Phi) is 3.38. The SMILES string of the molecule is Nc1ccnc(N2CCc3onc(-c4ccc(Cl)cc4)c3C2)n1. The number of hydrogen-bond acceptors (Lipinski definition) is 6. The van der Waals surface area contributed by atoms with Crippen molar-refractivity contribution >= 4 is 23.4 Å². The summed E-state index contributed by atoms with van der Waals surface area (Å²) >= 11 is 5.95. The molecule has 0 aliphatic carbocycles. The zero-order valence-corrected chi connectivity index (χ0v) is 13.0. The molecule has 1 aliphatic heterocycles. The van der Waals surface area contributed by atoms with Gasteiger partial charge < -0.3 is 15.2 Å². The van der Waals surface area contributed by atoms with Crippen molar-refractivity contribution in [3.63, 3.8) is 0 Å². The molecule has 7 heteroatoms. The number of nitrogen functional groups attached to an aromatic ring is 1. The summed E-state index contributed by atoms with van der Waals surface area (Å²) in [7, 11) is 0. The molecule has 4 rings (SSSR count). The fourth-order valence-electron chi connectivity index (χ4n) is 2.73. The zero-order chi connectivity index (χ0) is 15.8. The molecule has 3 heterocycles. The number of aromatic nitrogens is 3. The first-order valence-electron chi connectivity index (χ1n) is 7.27. The molecule has 1 aliphatic rings. The number of anilines is 2. The van der Waals surface area contributed by atoms with Crippen molar-refractivity contribution in [2.75, 3.05) is 17.2 Å². The molecule has 3 aromatic rings. The van der Waals surface area contributed by atoms with Crippen LogP contribution in [0.1, 0.15) is 11.3 Å². The summed E-state index contributed by atoms with van der Waals surface area (Å²) in [6.45, 7) is 1.41. The Labute approximate surface area is 137 Å². The number of hydrogen-bond donors (Lipinski definition) is 1. The first-order chi connectivity index (χ1) is 11.2. The van der Waals surface area contributed by atoms with Gasteiger partial charge >= 0.3 is 0 Å². The molecular weight excluding hydrogens is 314 g/mol. The van der Waals surface area contributed by atoms with E-state index in [4.69, 9.17) is 21.9 Å². The Morgan fingerprint density at radius 2 is 2.00 bits per heavy atom. The maximum atomic E-state index is 5.95. The average molecular weight is 328 g/mol. The van der Waals surface area contributed by atoms with E-state index in [1.807, 2.05) is 24.3 Å². The second-order valence-corrected chi connectivity index (χ2v) is 5.83. The van der Waals surface area contributed by atoms with E-state index in [1.54, 1.807) is 12.3 Å². The molecular formula is C16H14ClN5O. The molecule has 0 bridgehead atoms.